The van der Waals surface area contributed by atoms with Gasteiger partial charge in [-0.3, -0.25) is 0 Å². The lowest BCUT2D eigenvalue weighted by Crippen LogP contribution is -2.16. The maximum atomic E-state index is 2.52. The molecule has 0 amide bonds. The van der Waals surface area contributed by atoms with Crippen LogP contribution in [0.2, 0.25) is 0 Å². The summed E-state index contributed by atoms with van der Waals surface area (Å²) in [4.78, 5) is 2.52. The predicted molar refractivity (Wildman–Crippen MR) is 281 cm³/mol. The van der Waals surface area contributed by atoms with E-state index in [0.717, 1.165) is 33.8 Å². The van der Waals surface area contributed by atoms with Gasteiger partial charge in [0.2, 0.25) is 0 Å². The van der Waals surface area contributed by atoms with Crippen molar-refractivity contribution >= 4 is 38.6 Å². The van der Waals surface area contributed by atoms with Crippen LogP contribution in [0, 0.1) is 0 Å². The first-order valence-corrected chi connectivity index (χ1v) is 22.9. The van der Waals surface area contributed by atoms with Gasteiger partial charge < -0.3 is 4.90 Å². The minimum absolute atomic E-state index is 0.0107. The number of hydrogen-bond donors (Lipinski definition) is 0. The monoisotopic (exact) mass is 837 g/mol. The van der Waals surface area contributed by atoms with E-state index in [4.69, 9.17) is 0 Å². The molecular formula is C64H55N. The maximum absolute atomic E-state index is 2.52. The molecule has 0 saturated heterocycles. The highest BCUT2D eigenvalue weighted by molar-refractivity contribution is 6.10. The third-order valence-corrected chi connectivity index (χ3v) is 13.0. The van der Waals surface area contributed by atoms with Gasteiger partial charge in [-0.1, -0.05) is 248 Å². The molecule has 10 rings (SSSR count). The molecule has 1 nitrogen and oxygen atoms in total. The van der Waals surface area contributed by atoms with Crippen LogP contribution in [-0.2, 0) is 10.8 Å². The Kier molecular flexibility index (Phi) is 10.8. The molecule has 0 aliphatic carbocycles. The third kappa shape index (κ3) is 8.04. The fourth-order valence-corrected chi connectivity index (χ4v) is 9.48. The first kappa shape index (κ1) is 41.5. The molecule has 0 aromatic heterocycles. The lowest BCUT2D eigenvalue weighted by molar-refractivity contribution is 0.569. The van der Waals surface area contributed by atoms with Gasteiger partial charge in [-0.25, -0.2) is 0 Å². The molecule has 1 heteroatoms. The van der Waals surface area contributed by atoms with Crippen LogP contribution in [0.15, 0.2) is 224 Å². The van der Waals surface area contributed by atoms with Crippen LogP contribution >= 0.6 is 0 Å². The first-order valence-electron chi connectivity index (χ1n) is 22.9. The summed E-state index contributed by atoms with van der Waals surface area (Å²) in [6.07, 6.45) is 0. The summed E-state index contributed by atoms with van der Waals surface area (Å²) in [6.45, 7) is 13.9. The minimum Gasteiger partial charge on any atom is -0.309 e. The topological polar surface area (TPSA) is 3.24 Å². The molecule has 316 valence electrons. The van der Waals surface area contributed by atoms with Crippen molar-refractivity contribution in [2.24, 2.45) is 0 Å². The molecule has 0 saturated carbocycles. The Morgan fingerprint density at radius 2 is 0.692 bits per heavy atom. The molecule has 0 atom stereocenters. The fourth-order valence-electron chi connectivity index (χ4n) is 9.48. The smallest absolute Gasteiger partial charge is 0.0540 e. The van der Waals surface area contributed by atoms with E-state index in [1.807, 2.05) is 0 Å². The second kappa shape index (κ2) is 16.9. The Morgan fingerprint density at radius 3 is 1.31 bits per heavy atom. The highest BCUT2D eigenvalue weighted by Gasteiger charge is 2.26. The van der Waals surface area contributed by atoms with Gasteiger partial charge in [-0.05, 0) is 101 Å². The predicted octanol–water partition coefficient (Wildman–Crippen LogP) is 18.4. The van der Waals surface area contributed by atoms with Crippen molar-refractivity contribution in [3.05, 3.63) is 236 Å². The van der Waals surface area contributed by atoms with E-state index in [1.54, 1.807) is 0 Å². The van der Waals surface area contributed by atoms with Crippen molar-refractivity contribution < 1.29 is 0 Å². The zero-order chi connectivity index (χ0) is 44.7. The molecule has 0 fully saturated rings. The van der Waals surface area contributed by atoms with Gasteiger partial charge >= 0.3 is 0 Å². The average Bonchev–Trinajstić information content (AvgIpc) is 3.34. The Balaban J connectivity index is 1.24. The maximum Gasteiger partial charge on any atom is 0.0540 e. The number of benzene rings is 10. The molecule has 0 radical (unpaired) electrons. The van der Waals surface area contributed by atoms with Crippen LogP contribution in [0.4, 0.5) is 17.1 Å². The molecule has 0 N–H and O–H groups in total. The standard InChI is InChI=1S/C64H55N/c1-63(2,3)50-41-49(42-51(43-50)64(4,5)6)54-31-19-25-48-26-20-33-58(62(48)54)57-30-14-17-36-61(57)65(60-35-16-13-29-56(60)55-32-18-24-46-23-10-11-27-52(46)55)59-34-15-12-28-53(59)47-39-37-45(38-40-47)44-21-8-7-9-22-44/h7-43H,1-6H3. The van der Waals surface area contributed by atoms with Crippen molar-refractivity contribution in [1.29, 1.82) is 0 Å². The fraction of sp³-hybridized carbons (Fsp3) is 0.125. The molecule has 0 aliphatic rings. The number of hydrogen-bond acceptors (Lipinski definition) is 1. The van der Waals surface area contributed by atoms with Crippen LogP contribution in [0.3, 0.4) is 0 Å². The summed E-state index contributed by atoms with van der Waals surface area (Å²) < 4.78 is 0. The summed E-state index contributed by atoms with van der Waals surface area (Å²) in [6, 6.07) is 82.9. The summed E-state index contributed by atoms with van der Waals surface area (Å²) in [5, 5.41) is 4.92. The van der Waals surface area contributed by atoms with E-state index in [-0.39, 0.29) is 10.8 Å². The van der Waals surface area contributed by atoms with Gasteiger partial charge in [-0.2, -0.15) is 0 Å². The lowest BCUT2D eigenvalue weighted by Gasteiger charge is -2.32. The van der Waals surface area contributed by atoms with Gasteiger partial charge in [0.25, 0.3) is 0 Å². The van der Waals surface area contributed by atoms with E-state index in [2.05, 4.69) is 271 Å². The Morgan fingerprint density at radius 1 is 0.277 bits per heavy atom. The molecular weight excluding hydrogens is 783 g/mol. The highest BCUT2D eigenvalue weighted by Crippen LogP contribution is 2.50. The highest BCUT2D eigenvalue weighted by atomic mass is 15.1. The Bertz CT molecular complexity index is 3280. The minimum atomic E-state index is -0.0107. The number of para-hydroxylation sites is 3. The quantitative estimate of drug-likeness (QED) is 0.147. The van der Waals surface area contributed by atoms with Crippen molar-refractivity contribution in [3.63, 3.8) is 0 Å². The zero-order valence-corrected chi connectivity index (χ0v) is 38.3. The van der Waals surface area contributed by atoms with Crippen LogP contribution in [0.5, 0.6) is 0 Å². The molecule has 65 heavy (non-hydrogen) atoms. The number of rotatable bonds is 8. The molecule has 10 aromatic rings. The molecule has 10 aromatic carbocycles. The van der Waals surface area contributed by atoms with E-state index >= 15 is 0 Å². The van der Waals surface area contributed by atoms with E-state index in [9.17, 15) is 0 Å². The summed E-state index contributed by atoms with van der Waals surface area (Å²) in [7, 11) is 0. The SMILES string of the molecule is CC(C)(C)c1cc(-c2cccc3cccc(-c4ccccc4N(c4ccccc4-c4ccc(-c5ccccc5)cc4)c4ccccc4-c4cccc5ccccc45)c23)cc(C(C)(C)C)c1. The molecule has 0 aliphatic heterocycles. The van der Waals surface area contributed by atoms with Crippen LogP contribution < -0.4 is 4.90 Å². The molecule has 0 spiro atoms. The van der Waals surface area contributed by atoms with Gasteiger partial charge in [0.05, 0.1) is 17.1 Å². The zero-order valence-electron chi connectivity index (χ0n) is 38.3. The Labute approximate surface area is 385 Å². The third-order valence-electron chi connectivity index (χ3n) is 13.0. The molecule has 0 heterocycles. The normalized spacial score (nSPS) is 11.8. The number of anilines is 3. The van der Waals surface area contributed by atoms with Crippen LogP contribution in [-0.4, -0.2) is 0 Å². The second-order valence-corrected chi connectivity index (χ2v) is 19.4. The number of fused-ring (bicyclic) bond motifs is 2. The van der Waals surface area contributed by atoms with Crippen LogP contribution in [0.1, 0.15) is 52.7 Å². The van der Waals surface area contributed by atoms with Crippen LogP contribution in [0.25, 0.3) is 77.2 Å². The first-order chi connectivity index (χ1) is 31.5. The van der Waals surface area contributed by atoms with Crippen molar-refractivity contribution in [2.75, 3.05) is 4.90 Å². The summed E-state index contributed by atoms with van der Waals surface area (Å²) in [5.41, 5.74) is 17.9. The summed E-state index contributed by atoms with van der Waals surface area (Å²) >= 11 is 0. The summed E-state index contributed by atoms with van der Waals surface area (Å²) in [5.74, 6) is 0. The van der Waals surface area contributed by atoms with Gasteiger partial charge in [-0.15, -0.1) is 0 Å². The van der Waals surface area contributed by atoms with Gasteiger partial charge in [0.15, 0.2) is 0 Å². The van der Waals surface area contributed by atoms with Crippen molar-refractivity contribution in [2.45, 2.75) is 52.4 Å². The molecule has 0 unspecified atom stereocenters. The lowest BCUT2D eigenvalue weighted by atomic mass is 9.78. The van der Waals surface area contributed by atoms with E-state index < -0.39 is 0 Å². The number of nitrogens with zero attached hydrogens (tertiary/aromatic N) is 1. The Hall–Kier alpha value is -7.48. The van der Waals surface area contributed by atoms with Gasteiger partial charge in [0, 0.05) is 16.7 Å². The van der Waals surface area contributed by atoms with Crippen molar-refractivity contribution in [3.8, 4) is 55.6 Å². The van der Waals surface area contributed by atoms with Gasteiger partial charge in [0.1, 0.15) is 0 Å². The van der Waals surface area contributed by atoms with E-state index in [0.29, 0.717) is 0 Å². The largest absolute Gasteiger partial charge is 0.309 e. The second-order valence-electron chi connectivity index (χ2n) is 19.4. The van der Waals surface area contributed by atoms with Crippen molar-refractivity contribution in [1.82, 2.24) is 0 Å². The average molecular weight is 838 g/mol. The van der Waals surface area contributed by atoms with E-state index in [1.165, 1.54) is 71.6 Å². The molecule has 0 bridgehead atoms.